The van der Waals surface area contributed by atoms with Gasteiger partial charge in [0.2, 0.25) is 5.28 Å². The molecular weight excluding hydrogens is 228 g/mol. The summed E-state index contributed by atoms with van der Waals surface area (Å²) in [7, 11) is 1.57. The summed E-state index contributed by atoms with van der Waals surface area (Å²) < 4.78 is 2.88. The van der Waals surface area contributed by atoms with Crippen LogP contribution in [0.1, 0.15) is 6.92 Å². The molecule has 2 aromatic rings. The van der Waals surface area contributed by atoms with E-state index in [9.17, 15) is 4.79 Å². The maximum absolute atomic E-state index is 11.7. The predicted octanol–water partition coefficient (Wildman–Crippen LogP) is 0.807. The van der Waals surface area contributed by atoms with Gasteiger partial charge in [0.1, 0.15) is 0 Å². The molecule has 16 heavy (non-hydrogen) atoms. The number of imidazole rings is 1. The van der Waals surface area contributed by atoms with Crippen LogP contribution in [0.25, 0.3) is 11.0 Å². The number of aromatic nitrogens is 4. The Bertz CT molecular complexity index is 659. The summed E-state index contributed by atoms with van der Waals surface area (Å²) in [5.41, 5.74) is 0.666. The van der Waals surface area contributed by atoms with E-state index in [2.05, 4.69) is 21.9 Å². The fourth-order valence-corrected chi connectivity index (χ4v) is 1.62. The molecule has 0 aromatic carbocycles. The maximum atomic E-state index is 11.7. The first-order chi connectivity index (χ1) is 7.65. The summed E-state index contributed by atoms with van der Waals surface area (Å²) in [5, 5.41) is 4.18. The zero-order valence-corrected chi connectivity index (χ0v) is 9.62. The van der Waals surface area contributed by atoms with Gasteiger partial charge >= 0.3 is 0 Å². The third-order valence-electron chi connectivity index (χ3n) is 2.22. The number of aryl methyl sites for hydroxylation is 1. The standard InChI is InChI=1S/C10H9ClN4O/c1-3-4-5-15-7-6-12-14(2)9(16)8(7)13-10(15)11/h6H,5H2,1-2H3. The minimum Gasteiger partial charge on any atom is -0.301 e. The van der Waals surface area contributed by atoms with Crippen molar-refractivity contribution in [3.05, 3.63) is 21.8 Å². The van der Waals surface area contributed by atoms with Crippen molar-refractivity contribution in [1.82, 2.24) is 19.3 Å². The highest BCUT2D eigenvalue weighted by molar-refractivity contribution is 6.29. The summed E-state index contributed by atoms with van der Waals surface area (Å²) in [6, 6.07) is 0. The van der Waals surface area contributed by atoms with Gasteiger partial charge in [0, 0.05) is 7.05 Å². The van der Waals surface area contributed by atoms with Gasteiger partial charge in [0.25, 0.3) is 5.56 Å². The van der Waals surface area contributed by atoms with Crippen molar-refractivity contribution >= 4 is 22.6 Å². The van der Waals surface area contributed by atoms with Crippen LogP contribution in [-0.2, 0) is 13.6 Å². The Labute approximate surface area is 96.7 Å². The largest absolute Gasteiger partial charge is 0.301 e. The molecule has 0 aliphatic heterocycles. The van der Waals surface area contributed by atoms with Crippen LogP contribution >= 0.6 is 11.6 Å². The second-order valence-electron chi connectivity index (χ2n) is 3.20. The molecular formula is C10H9ClN4O. The lowest BCUT2D eigenvalue weighted by Gasteiger charge is -1.99. The molecule has 0 saturated heterocycles. The van der Waals surface area contributed by atoms with E-state index in [0.717, 1.165) is 0 Å². The molecule has 0 fully saturated rings. The molecule has 2 heterocycles. The molecule has 82 valence electrons. The Balaban J connectivity index is 2.75. The molecule has 0 unspecified atom stereocenters. The summed E-state index contributed by atoms with van der Waals surface area (Å²) in [6.45, 7) is 2.14. The monoisotopic (exact) mass is 236 g/mol. The SMILES string of the molecule is CC#CCn1c(Cl)nc2c(=O)n(C)ncc21. The predicted molar refractivity (Wildman–Crippen MR) is 61.2 cm³/mol. The third-order valence-corrected chi connectivity index (χ3v) is 2.51. The van der Waals surface area contributed by atoms with Crippen molar-refractivity contribution < 1.29 is 0 Å². The first kappa shape index (κ1) is 10.7. The second-order valence-corrected chi connectivity index (χ2v) is 3.54. The maximum Gasteiger partial charge on any atom is 0.294 e. The fraction of sp³-hybridized carbons (Fsp3) is 0.300. The molecule has 6 heteroatoms. The molecule has 0 atom stereocenters. The van der Waals surface area contributed by atoms with Crippen LogP contribution in [0.5, 0.6) is 0 Å². The average Bonchev–Trinajstić information content (AvgIpc) is 2.58. The molecule has 0 aliphatic carbocycles. The van der Waals surface area contributed by atoms with E-state index in [1.54, 1.807) is 24.7 Å². The highest BCUT2D eigenvalue weighted by atomic mass is 35.5. The second kappa shape index (κ2) is 3.99. The Morgan fingerprint density at radius 1 is 1.56 bits per heavy atom. The molecule has 2 rings (SSSR count). The van der Waals surface area contributed by atoms with E-state index in [1.165, 1.54) is 4.68 Å². The topological polar surface area (TPSA) is 52.7 Å². The lowest BCUT2D eigenvalue weighted by atomic mass is 10.4. The first-order valence-corrected chi connectivity index (χ1v) is 5.00. The van der Waals surface area contributed by atoms with E-state index >= 15 is 0 Å². The minimum atomic E-state index is -0.261. The lowest BCUT2D eigenvalue weighted by molar-refractivity contribution is 0.714. The third kappa shape index (κ3) is 1.57. The Morgan fingerprint density at radius 2 is 2.31 bits per heavy atom. The van der Waals surface area contributed by atoms with Crippen LogP contribution in [0, 0.1) is 11.8 Å². The normalized spacial score (nSPS) is 10.2. The van der Waals surface area contributed by atoms with Gasteiger partial charge in [0.05, 0.1) is 18.3 Å². The lowest BCUT2D eigenvalue weighted by Crippen LogP contribution is -2.19. The number of fused-ring (bicyclic) bond motifs is 1. The number of hydrogen-bond acceptors (Lipinski definition) is 3. The molecule has 0 amide bonds. The van der Waals surface area contributed by atoms with Gasteiger partial charge in [-0.05, 0) is 18.5 Å². The van der Waals surface area contributed by atoms with Crippen LogP contribution in [0.3, 0.4) is 0 Å². The Hall–Kier alpha value is -1.80. The molecule has 2 aromatic heterocycles. The van der Waals surface area contributed by atoms with Crippen molar-refractivity contribution in [2.24, 2.45) is 7.05 Å². The summed E-state index contributed by atoms with van der Waals surface area (Å²) >= 11 is 5.94. The summed E-state index contributed by atoms with van der Waals surface area (Å²) in [6.07, 6.45) is 1.56. The van der Waals surface area contributed by atoms with Crippen molar-refractivity contribution in [3.63, 3.8) is 0 Å². The smallest absolute Gasteiger partial charge is 0.294 e. The number of rotatable bonds is 1. The van der Waals surface area contributed by atoms with Crippen molar-refractivity contribution in [1.29, 1.82) is 0 Å². The summed E-state index contributed by atoms with van der Waals surface area (Å²) in [4.78, 5) is 15.7. The van der Waals surface area contributed by atoms with Gasteiger partial charge in [-0.2, -0.15) is 5.10 Å². The average molecular weight is 237 g/mol. The molecule has 0 saturated carbocycles. The van der Waals surface area contributed by atoms with Crippen molar-refractivity contribution in [3.8, 4) is 11.8 Å². The minimum absolute atomic E-state index is 0.253. The highest BCUT2D eigenvalue weighted by Gasteiger charge is 2.12. The van der Waals surface area contributed by atoms with Crippen LogP contribution < -0.4 is 5.56 Å². The zero-order valence-electron chi connectivity index (χ0n) is 8.86. The molecule has 0 spiro atoms. The van der Waals surface area contributed by atoms with E-state index in [1.807, 2.05) is 0 Å². The molecule has 0 aliphatic rings. The number of halogens is 1. The number of nitrogens with zero attached hydrogens (tertiary/aromatic N) is 4. The van der Waals surface area contributed by atoms with Crippen LogP contribution in [0.15, 0.2) is 11.0 Å². The zero-order chi connectivity index (χ0) is 11.7. The van der Waals surface area contributed by atoms with Gasteiger partial charge in [-0.3, -0.25) is 4.79 Å². The highest BCUT2D eigenvalue weighted by Crippen LogP contribution is 2.15. The van der Waals surface area contributed by atoms with E-state index in [0.29, 0.717) is 17.6 Å². The molecule has 0 N–H and O–H groups in total. The van der Waals surface area contributed by atoms with Crippen LogP contribution in [-0.4, -0.2) is 19.3 Å². The molecule has 0 radical (unpaired) electrons. The van der Waals surface area contributed by atoms with Crippen LogP contribution in [0.4, 0.5) is 0 Å². The van der Waals surface area contributed by atoms with Crippen molar-refractivity contribution in [2.45, 2.75) is 13.5 Å². The van der Waals surface area contributed by atoms with Gasteiger partial charge in [-0.15, -0.1) is 5.92 Å². The van der Waals surface area contributed by atoms with Gasteiger partial charge in [-0.25, -0.2) is 9.67 Å². The van der Waals surface area contributed by atoms with Gasteiger partial charge in [-0.1, -0.05) is 5.92 Å². The van der Waals surface area contributed by atoms with Crippen LogP contribution in [0.2, 0.25) is 5.28 Å². The molecule has 0 bridgehead atoms. The van der Waals surface area contributed by atoms with E-state index in [4.69, 9.17) is 11.6 Å². The summed E-state index contributed by atoms with van der Waals surface area (Å²) in [5.74, 6) is 5.63. The van der Waals surface area contributed by atoms with E-state index in [-0.39, 0.29) is 10.8 Å². The molecule has 5 nitrogen and oxygen atoms in total. The van der Waals surface area contributed by atoms with Gasteiger partial charge in [0.15, 0.2) is 5.52 Å². The quantitative estimate of drug-likeness (QED) is 0.689. The van der Waals surface area contributed by atoms with Gasteiger partial charge < -0.3 is 4.57 Å². The van der Waals surface area contributed by atoms with E-state index < -0.39 is 0 Å². The van der Waals surface area contributed by atoms with Crippen molar-refractivity contribution in [2.75, 3.05) is 0 Å². The fourth-order valence-electron chi connectivity index (χ4n) is 1.38. The number of hydrogen-bond donors (Lipinski definition) is 0. The first-order valence-electron chi connectivity index (χ1n) is 4.63. The Kier molecular flexibility index (Phi) is 2.67. The Morgan fingerprint density at radius 3 is 3.00 bits per heavy atom.